The predicted molar refractivity (Wildman–Crippen MR) is 52.9 cm³/mol. The summed E-state index contributed by atoms with van der Waals surface area (Å²) in [5.74, 6) is -1.01. The van der Waals surface area contributed by atoms with E-state index in [2.05, 4.69) is 0 Å². The number of hydrogen-bond donors (Lipinski definition) is 3. The Balaban J connectivity index is 2.46. The lowest BCUT2D eigenvalue weighted by atomic mass is 10.0. The fourth-order valence-corrected chi connectivity index (χ4v) is 1.47. The average Bonchev–Trinajstić information content (AvgIpc) is 2.85. The Labute approximate surface area is 81.5 Å². The smallest absolute Gasteiger partial charge is 0.337 e. The van der Waals surface area contributed by atoms with Gasteiger partial charge in [-0.2, -0.15) is 0 Å². The molecule has 5 N–H and O–H groups in total. The van der Waals surface area contributed by atoms with Crippen molar-refractivity contribution >= 4 is 11.7 Å². The van der Waals surface area contributed by atoms with Crippen molar-refractivity contribution in [3.8, 4) is 0 Å². The molecule has 0 aromatic heterocycles. The molecule has 0 bridgehead atoms. The highest BCUT2D eigenvalue weighted by Crippen LogP contribution is 2.43. The van der Waals surface area contributed by atoms with Crippen molar-refractivity contribution in [2.24, 2.45) is 5.73 Å². The summed E-state index contributed by atoms with van der Waals surface area (Å²) in [4.78, 5) is 10.8. The predicted octanol–water partition coefficient (Wildman–Crippen LogP) is 0.915. The monoisotopic (exact) mass is 192 g/mol. The van der Waals surface area contributed by atoms with Crippen molar-refractivity contribution in [1.29, 1.82) is 0 Å². The molecule has 0 spiro atoms. The SMILES string of the molecule is Nc1ccc(C2(N)CC2)cc1C(=O)O. The van der Waals surface area contributed by atoms with E-state index >= 15 is 0 Å². The van der Waals surface area contributed by atoms with Crippen LogP contribution < -0.4 is 11.5 Å². The number of rotatable bonds is 2. The van der Waals surface area contributed by atoms with Gasteiger partial charge in [-0.3, -0.25) is 0 Å². The molecule has 1 fully saturated rings. The molecule has 1 aliphatic carbocycles. The van der Waals surface area contributed by atoms with Crippen molar-refractivity contribution in [3.05, 3.63) is 29.3 Å². The standard InChI is InChI=1S/C10H12N2O2/c11-8-2-1-6(10(12)3-4-10)5-7(8)9(13)14/h1-2,5H,3-4,11-12H2,(H,13,14). The zero-order valence-electron chi connectivity index (χ0n) is 7.66. The van der Waals surface area contributed by atoms with Crippen molar-refractivity contribution in [3.63, 3.8) is 0 Å². The second kappa shape index (κ2) is 2.72. The molecule has 2 rings (SSSR count). The molecule has 0 amide bonds. The lowest BCUT2D eigenvalue weighted by molar-refractivity contribution is 0.0698. The number of aromatic carboxylic acids is 1. The largest absolute Gasteiger partial charge is 0.478 e. The van der Waals surface area contributed by atoms with Crippen LogP contribution in [-0.2, 0) is 5.54 Å². The van der Waals surface area contributed by atoms with Crippen LogP contribution in [0.25, 0.3) is 0 Å². The summed E-state index contributed by atoms with van der Waals surface area (Å²) in [6.07, 6.45) is 1.83. The van der Waals surface area contributed by atoms with Crippen LogP contribution in [0.15, 0.2) is 18.2 Å². The van der Waals surface area contributed by atoms with Gasteiger partial charge in [-0.05, 0) is 30.5 Å². The van der Waals surface area contributed by atoms with Crippen LogP contribution in [-0.4, -0.2) is 11.1 Å². The van der Waals surface area contributed by atoms with Crippen LogP contribution in [0.3, 0.4) is 0 Å². The first kappa shape index (κ1) is 9.02. The molecular weight excluding hydrogens is 180 g/mol. The van der Waals surface area contributed by atoms with Gasteiger partial charge in [0, 0.05) is 11.2 Å². The van der Waals surface area contributed by atoms with E-state index in [0.29, 0.717) is 0 Å². The molecule has 0 radical (unpaired) electrons. The van der Waals surface area contributed by atoms with Gasteiger partial charge in [-0.15, -0.1) is 0 Å². The maximum Gasteiger partial charge on any atom is 0.337 e. The van der Waals surface area contributed by atoms with E-state index in [1.54, 1.807) is 18.2 Å². The summed E-state index contributed by atoms with van der Waals surface area (Å²) >= 11 is 0. The molecule has 0 heterocycles. The highest BCUT2D eigenvalue weighted by Gasteiger charge is 2.40. The van der Waals surface area contributed by atoms with Crippen LogP contribution in [0.2, 0.25) is 0 Å². The van der Waals surface area contributed by atoms with Gasteiger partial charge in [0.15, 0.2) is 0 Å². The summed E-state index contributed by atoms with van der Waals surface area (Å²) in [7, 11) is 0. The second-order valence-electron chi connectivity index (χ2n) is 3.76. The number of benzene rings is 1. The van der Waals surface area contributed by atoms with Gasteiger partial charge in [-0.1, -0.05) is 6.07 Å². The molecule has 4 heteroatoms. The van der Waals surface area contributed by atoms with Crippen LogP contribution in [0, 0.1) is 0 Å². The molecule has 0 atom stereocenters. The number of carboxylic acids is 1. The summed E-state index contributed by atoms with van der Waals surface area (Å²) < 4.78 is 0. The molecule has 14 heavy (non-hydrogen) atoms. The van der Waals surface area contributed by atoms with Gasteiger partial charge in [0.25, 0.3) is 0 Å². The molecule has 0 aliphatic heterocycles. The number of anilines is 1. The number of carboxylic acid groups (broad SMARTS) is 1. The quantitative estimate of drug-likeness (QED) is 0.608. The average molecular weight is 192 g/mol. The minimum absolute atomic E-state index is 0.138. The Hall–Kier alpha value is -1.55. The van der Waals surface area contributed by atoms with E-state index in [4.69, 9.17) is 16.6 Å². The number of nitrogen functional groups attached to an aromatic ring is 1. The fraction of sp³-hybridized carbons (Fsp3) is 0.300. The normalized spacial score (nSPS) is 17.8. The van der Waals surface area contributed by atoms with Crippen LogP contribution >= 0.6 is 0 Å². The Bertz CT molecular complexity index is 397. The number of nitrogens with two attached hydrogens (primary N) is 2. The Morgan fingerprint density at radius 3 is 2.57 bits per heavy atom. The first-order valence-electron chi connectivity index (χ1n) is 4.45. The molecule has 1 aromatic carbocycles. The van der Waals surface area contributed by atoms with Crippen molar-refractivity contribution in [2.45, 2.75) is 18.4 Å². The van der Waals surface area contributed by atoms with Gasteiger partial charge in [0.1, 0.15) is 0 Å². The third-order valence-electron chi connectivity index (χ3n) is 2.65. The Kier molecular flexibility index (Phi) is 1.75. The zero-order chi connectivity index (χ0) is 10.3. The number of hydrogen-bond acceptors (Lipinski definition) is 3. The van der Waals surface area contributed by atoms with E-state index < -0.39 is 5.97 Å². The van der Waals surface area contributed by atoms with Crippen molar-refractivity contribution < 1.29 is 9.90 Å². The summed E-state index contributed by atoms with van der Waals surface area (Å²) in [5.41, 5.74) is 12.5. The lowest BCUT2D eigenvalue weighted by Gasteiger charge is -2.10. The third kappa shape index (κ3) is 1.33. The topological polar surface area (TPSA) is 89.3 Å². The second-order valence-corrected chi connectivity index (χ2v) is 3.76. The Morgan fingerprint density at radius 2 is 2.07 bits per heavy atom. The molecule has 1 aromatic rings. The number of carbonyl (C=O) groups is 1. The maximum absolute atomic E-state index is 10.8. The van der Waals surface area contributed by atoms with E-state index in [-0.39, 0.29) is 16.8 Å². The van der Waals surface area contributed by atoms with E-state index in [1.165, 1.54) is 0 Å². The molecule has 1 saturated carbocycles. The summed E-state index contributed by atoms with van der Waals surface area (Å²) in [6, 6.07) is 4.98. The van der Waals surface area contributed by atoms with Crippen LogP contribution in [0.5, 0.6) is 0 Å². The van der Waals surface area contributed by atoms with E-state index in [9.17, 15) is 4.79 Å². The highest BCUT2D eigenvalue weighted by atomic mass is 16.4. The Morgan fingerprint density at radius 1 is 1.43 bits per heavy atom. The molecular formula is C10H12N2O2. The lowest BCUT2D eigenvalue weighted by Crippen LogP contribution is -2.19. The maximum atomic E-state index is 10.8. The summed E-state index contributed by atoms with van der Waals surface area (Å²) in [6.45, 7) is 0. The first-order chi connectivity index (χ1) is 6.53. The van der Waals surface area contributed by atoms with Gasteiger partial charge in [0.05, 0.1) is 5.56 Å². The van der Waals surface area contributed by atoms with Crippen molar-refractivity contribution in [1.82, 2.24) is 0 Å². The van der Waals surface area contributed by atoms with Gasteiger partial charge < -0.3 is 16.6 Å². The van der Waals surface area contributed by atoms with E-state index in [1.807, 2.05) is 0 Å². The molecule has 0 saturated heterocycles. The highest BCUT2D eigenvalue weighted by molar-refractivity contribution is 5.93. The van der Waals surface area contributed by atoms with Crippen molar-refractivity contribution in [2.75, 3.05) is 5.73 Å². The third-order valence-corrected chi connectivity index (χ3v) is 2.65. The van der Waals surface area contributed by atoms with E-state index in [0.717, 1.165) is 18.4 Å². The molecule has 74 valence electrons. The molecule has 1 aliphatic rings. The van der Waals surface area contributed by atoms with Gasteiger partial charge >= 0.3 is 5.97 Å². The zero-order valence-corrected chi connectivity index (χ0v) is 7.66. The molecule has 0 unspecified atom stereocenters. The fourth-order valence-electron chi connectivity index (χ4n) is 1.47. The van der Waals surface area contributed by atoms with Gasteiger partial charge in [0.2, 0.25) is 0 Å². The minimum Gasteiger partial charge on any atom is -0.478 e. The van der Waals surface area contributed by atoms with Gasteiger partial charge in [-0.25, -0.2) is 4.79 Å². The summed E-state index contributed by atoms with van der Waals surface area (Å²) in [5, 5.41) is 8.86. The van der Waals surface area contributed by atoms with Crippen LogP contribution in [0.4, 0.5) is 5.69 Å². The van der Waals surface area contributed by atoms with Crippen LogP contribution in [0.1, 0.15) is 28.8 Å². The minimum atomic E-state index is -1.01. The molecule has 4 nitrogen and oxygen atoms in total. The first-order valence-corrected chi connectivity index (χ1v) is 4.45.